The second kappa shape index (κ2) is 19.4. The number of carbonyl (C=O) groups excluding carboxylic acids is 2. The summed E-state index contributed by atoms with van der Waals surface area (Å²) in [5.41, 5.74) is 2.36. The topological polar surface area (TPSA) is 125 Å². The molecule has 3 aromatic rings. The number of fused-ring (bicyclic) bond motifs is 1. The molecule has 1 aliphatic heterocycles. The normalized spacial score (nSPS) is 13.1. The molecule has 1 fully saturated rings. The van der Waals surface area contributed by atoms with Crippen molar-refractivity contribution in [3.05, 3.63) is 53.7 Å². The van der Waals surface area contributed by atoms with Crippen LogP contribution in [0.15, 0.2) is 42.5 Å². The average Bonchev–Trinajstić information content (AvgIpc) is 3.45. The summed E-state index contributed by atoms with van der Waals surface area (Å²) in [6.07, 6.45) is 0.496. The molecule has 2 amide bonds. The predicted octanol–water partition coefficient (Wildman–Crippen LogP) is 6.89. The number of carbonyl (C=O) groups is 3. The number of aliphatic carboxylic acids is 1. The fourth-order valence-electron chi connectivity index (χ4n) is 5.82. The minimum atomic E-state index is -4.46. The van der Waals surface area contributed by atoms with Crippen LogP contribution >= 0.6 is 0 Å². The van der Waals surface area contributed by atoms with Crippen LogP contribution in [0, 0.1) is 11.8 Å². The molecule has 10 nitrogen and oxygen atoms in total. The van der Waals surface area contributed by atoms with Gasteiger partial charge in [-0.3, -0.25) is 14.4 Å². The van der Waals surface area contributed by atoms with Gasteiger partial charge in [-0.05, 0) is 68.0 Å². The second-order valence-electron chi connectivity index (χ2n) is 11.7. The van der Waals surface area contributed by atoms with E-state index in [9.17, 15) is 27.6 Å². The van der Waals surface area contributed by atoms with Crippen molar-refractivity contribution in [1.82, 2.24) is 14.8 Å². The lowest BCUT2D eigenvalue weighted by Crippen LogP contribution is -2.42. The van der Waals surface area contributed by atoms with Gasteiger partial charge in [-0.2, -0.15) is 13.2 Å². The minimum absolute atomic E-state index is 0.0464. The van der Waals surface area contributed by atoms with E-state index >= 15 is 0 Å². The molecule has 0 aliphatic carbocycles. The van der Waals surface area contributed by atoms with E-state index in [1.807, 2.05) is 24.8 Å². The van der Waals surface area contributed by atoms with Crippen LogP contribution in [0.1, 0.15) is 81.3 Å². The number of methoxy groups -OCH3 is 1. The molecule has 1 aliphatic rings. The molecule has 0 unspecified atom stereocenters. The third kappa shape index (κ3) is 11.6. The largest absolute Gasteiger partial charge is 0.495 e. The first-order valence-corrected chi connectivity index (χ1v) is 17.1. The van der Waals surface area contributed by atoms with Crippen LogP contribution in [0.5, 0.6) is 5.75 Å². The lowest BCUT2D eigenvalue weighted by molar-refractivity contribution is -0.140. The molecule has 4 N–H and O–H groups in total. The van der Waals surface area contributed by atoms with Gasteiger partial charge in [0.2, 0.25) is 5.91 Å². The Labute approximate surface area is 291 Å². The molecule has 50 heavy (non-hydrogen) atoms. The van der Waals surface area contributed by atoms with Crippen molar-refractivity contribution >= 4 is 40.1 Å². The summed E-state index contributed by atoms with van der Waals surface area (Å²) < 4.78 is 47.6. The maximum atomic E-state index is 13.7. The van der Waals surface area contributed by atoms with Crippen LogP contribution in [-0.2, 0) is 16.1 Å². The molecule has 0 radical (unpaired) electrons. The van der Waals surface area contributed by atoms with E-state index in [-0.39, 0.29) is 36.5 Å². The lowest BCUT2D eigenvalue weighted by atomic mass is 10.0. The van der Waals surface area contributed by atoms with Crippen LogP contribution < -0.4 is 20.7 Å². The molecule has 13 heteroatoms. The lowest BCUT2D eigenvalue weighted by Gasteiger charge is -2.33. The quantitative estimate of drug-likeness (QED) is 0.107. The minimum Gasteiger partial charge on any atom is -0.495 e. The zero-order valence-corrected chi connectivity index (χ0v) is 29.2. The first kappa shape index (κ1) is 39.6. The number of ether oxygens (including phenoxy) is 1. The van der Waals surface area contributed by atoms with Crippen molar-refractivity contribution in [3.63, 3.8) is 0 Å². The van der Waals surface area contributed by atoms with Crippen LogP contribution in [0.2, 0.25) is 0 Å². The summed E-state index contributed by atoms with van der Waals surface area (Å²) in [5, 5.41) is 18.5. The zero-order valence-electron chi connectivity index (χ0n) is 29.2. The van der Waals surface area contributed by atoms with Gasteiger partial charge < -0.3 is 35.3 Å². The van der Waals surface area contributed by atoms with Gasteiger partial charge in [-0.1, -0.05) is 38.7 Å². The average molecular weight is 700 g/mol. The molecule has 0 atom stereocenters. The molecule has 1 saturated heterocycles. The summed E-state index contributed by atoms with van der Waals surface area (Å²) >= 11 is 0. The SMILES string of the molecule is CC.CNC(=O)c1ccc(NCC#Cc2cc3c(NC4CCN(C(=O)CCCCCCC(=O)O)CC4)cccc3n2CC(F)(F)F)c(OC)c1. The Morgan fingerprint density at radius 1 is 0.980 bits per heavy atom. The second-order valence-corrected chi connectivity index (χ2v) is 11.7. The van der Waals surface area contributed by atoms with Crippen molar-refractivity contribution in [3.8, 4) is 17.6 Å². The van der Waals surface area contributed by atoms with Crippen molar-refractivity contribution in [1.29, 1.82) is 0 Å². The van der Waals surface area contributed by atoms with Gasteiger partial charge in [0.15, 0.2) is 0 Å². The van der Waals surface area contributed by atoms with Crippen LogP contribution in [0.25, 0.3) is 10.9 Å². The highest BCUT2D eigenvalue weighted by molar-refractivity contribution is 5.95. The van der Waals surface area contributed by atoms with Gasteiger partial charge in [0.25, 0.3) is 5.91 Å². The van der Waals surface area contributed by atoms with E-state index in [0.29, 0.717) is 72.4 Å². The summed E-state index contributed by atoms with van der Waals surface area (Å²) in [7, 11) is 3.00. The Balaban J connectivity index is 0.00000332. The third-order valence-corrected chi connectivity index (χ3v) is 8.30. The van der Waals surface area contributed by atoms with Crippen molar-refractivity contribution in [2.24, 2.45) is 0 Å². The van der Waals surface area contributed by atoms with Crippen LogP contribution in [0.4, 0.5) is 24.5 Å². The van der Waals surface area contributed by atoms with E-state index in [2.05, 4.69) is 27.8 Å². The number of carboxylic acids is 1. The molecule has 4 rings (SSSR count). The molecule has 2 heterocycles. The molecule has 2 aromatic carbocycles. The standard InChI is InChI=1S/C35H42F3N5O5.C2H6/c1-39-34(47)24-14-15-29(31(21-24)48-2)40-18-8-9-26-22-27-28(10-7-11-30(27)43(26)23-35(36,37)38)41-25-16-19-42(20-17-25)32(44)12-5-3-4-6-13-33(45)46;1-2/h7,10-11,14-15,21-22,25,40-41H,3-6,12-13,16-20,23H2,1-2H3,(H,39,47)(H,45,46);1-2H3. The number of alkyl halides is 3. The fraction of sp³-hybridized carbons (Fsp3) is 0.486. The Morgan fingerprint density at radius 2 is 1.68 bits per heavy atom. The van der Waals surface area contributed by atoms with Crippen LogP contribution in [0.3, 0.4) is 0 Å². The number of hydrogen-bond acceptors (Lipinski definition) is 6. The Morgan fingerprint density at radius 3 is 2.32 bits per heavy atom. The summed E-state index contributed by atoms with van der Waals surface area (Å²) in [6, 6.07) is 11.8. The van der Waals surface area contributed by atoms with Crippen molar-refractivity contribution in [2.45, 2.75) is 84.0 Å². The summed E-state index contributed by atoms with van der Waals surface area (Å²) in [4.78, 5) is 37.1. The summed E-state index contributed by atoms with van der Waals surface area (Å²) in [5.74, 6) is 5.27. The number of benzene rings is 2. The van der Waals surface area contributed by atoms with E-state index in [0.717, 1.165) is 19.3 Å². The number of piperidine rings is 1. The number of rotatable bonds is 14. The smallest absolute Gasteiger partial charge is 0.406 e. The number of carboxylic acid groups (broad SMARTS) is 1. The number of likely N-dealkylation sites (tertiary alicyclic amines) is 1. The highest BCUT2D eigenvalue weighted by Gasteiger charge is 2.30. The molecular formula is C37H48F3N5O5. The Hall–Kier alpha value is -4.86. The molecule has 1 aromatic heterocycles. The van der Waals surface area contributed by atoms with E-state index < -0.39 is 18.7 Å². The number of halogens is 3. The summed E-state index contributed by atoms with van der Waals surface area (Å²) in [6.45, 7) is 4.11. The Bertz CT molecular complexity index is 1650. The van der Waals surface area contributed by atoms with Gasteiger partial charge in [-0.25, -0.2) is 0 Å². The predicted molar refractivity (Wildman–Crippen MR) is 190 cm³/mol. The van der Waals surface area contributed by atoms with Gasteiger partial charge in [-0.15, -0.1) is 0 Å². The highest BCUT2D eigenvalue weighted by atomic mass is 19.4. The molecule has 0 saturated carbocycles. The number of nitrogens with one attached hydrogen (secondary N) is 3. The number of hydrogen-bond donors (Lipinski definition) is 4. The maximum absolute atomic E-state index is 13.7. The van der Waals surface area contributed by atoms with Crippen molar-refractivity contribution < 1.29 is 37.4 Å². The molecule has 272 valence electrons. The number of unbranched alkanes of at least 4 members (excludes halogenated alkanes) is 3. The van der Waals surface area contributed by atoms with Gasteiger partial charge in [0.05, 0.1) is 30.6 Å². The first-order chi connectivity index (χ1) is 24.0. The third-order valence-electron chi connectivity index (χ3n) is 8.30. The molecule has 0 spiro atoms. The number of anilines is 2. The van der Waals surface area contributed by atoms with Gasteiger partial charge >= 0.3 is 12.1 Å². The Kier molecular flexibility index (Phi) is 15.3. The van der Waals surface area contributed by atoms with E-state index in [4.69, 9.17) is 9.84 Å². The van der Waals surface area contributed by atoms with Crippen LogP contribution in [-0.4, -0.2) is 78.4 Å². The first-order valence-electron chi connectivity index (χ1n) is 17.1. The zero-order chi connectivity index (χ0) is 36.7. The highest BCUT2D eigenvalue weighted by Crippen LogP contribution is 2.31. The van der Waals surface area contributed by atoms with Gasteiger partial charge in [0, 0.05) is 55.7 Å². The monoisotopic (exact) mass is 699 g/mol. The van der Waals surface area contributed by atoms with Crippen molar-refractivity contribution in [2.75, 3.05) is 44.4 Å². The number of aromatic nitrogens is 1. The fourth-order valence-corrected chi connectivity index (χ4v) is 5.82. The molecular weight excluding hydrogens is 651 g/mol. The molecule has 0 bridgehead atoms. The van der Waals surface area contributed by atoms with E-state index in [1.54, 1.807) is 36.4 Å². The number of amides is 2. The number of nitrogens with zero attached hydrogens (tertiary/aromatic N) is 2. The van der Waals surface area contributed by atoms with E-state index in [1.165, 1.54) is 18.7 Å². The maximum Gasteiger partial charge on any atom is 0.406 e. The van der Waals surface area contributed by atoms with Gasteiger partial charge in [0.1, 0.15) is 12.3 Å².